The zero-order chi connectivity index (χ0) is 21.8. The number of nitrogens with one attached hydrogen (secondary N) is 1. The lowest BCUT2D eigenvalue weighted by atomic mass is 10.1. The number of nitriles is 1. The molecule has 1 atom stereocenters. The van der Waals surface area contributed by atoms with E-state index in [1.54, 1.807) is 13.2 Å². The van der Waals surface area contributed by atoms with E-state index in [1.165, 1.54) is 0 Å². The number of hydrogen-bond acceptors (Lipinski definition) is 7. The second kappa shape index (κ2) is 9.38. The summed E-state index contributed by atoms with van der Waals surface area (Å²) in [6.45, 7) is 2.40. The molecule has 2 N–H and O–H groups in total. The van der Waals surface area contributed by atoms with Crippen molar-refractivity contribution in [3.8, 4) is 11.8 Å². The number of hydrogen-bond donors (Lipinski definition) is 2. The first kappa shape index (κ1) is 21.2. The molecule has 2 heterocycles. The Morgan fingerprint density at radius 2 is 2.13 bits per heavy atom. The highest BCUT2D eigenvalue weighted by atomic mass is 35.5. The van der Waals surface area contributed by atoms with Gasteiger partial charge in [-0.3, -0.25) is 0 Å². The van der Waals surface area contributed by atoms with E-state index >= 15 is 0 Å². The second-order valence-electron chi connectivity index (χ2n) is 7.67. The van der Waals surface area contributed by atoms with Crippen molar-refractivity contribution in [2.24, 2.45) is 5.92 Å². The summed E-state index contributed by atoms with van der Waals surface area (Å²) in [5.74, 6) is 2.35. The molecule has 4 rings (SSSR count). The maximum Gasteiger partial charge on any atom is 0.159 e. The van der Waals surface area contributed by atoms with Crippen LogP contribution in [0.15, 0.2) is 36.4 Å². The molecule has 160 valence electrons. The monoisotopic (exact) mass is 437 g/mol. The molecular formula is C23H24ClN5O2. The minimum absolute atomic E-state index is 0.176. The Labute approximate surface area is 186 Å². The quantitative estimate of drug-likeness (QED) is 0.582. The first-order valence-electron chi connectivity index (χ1n) is 10.3. The van der Waals surface area contributed by atoms with Crippen molar-refractivity contribution in [1.29, 1.82) is 5.26 Å². The molecule has 1 aromatic heterocycles. The zero-order valence-corrected chi connectivity index (χ0v) is 18.1. The fourth-order valence-corrected chi connectivity index (χ4v) is 4.22. The van der Waals surface area contributed by atoms with Crippen LogP contribution in [0, 0.1) is 17.2 Å². The lowest BCUT2D eigenvalue weighted by molar-refractivity contribution is 0.238. The Morgan fingerprint density at radius 3 is 2.84 bits per heavy atom. The Kier molecular flexibility index (Phi) is 6.40. The predicted octanol–water partition coefficient (Wildman–Crippen LogP) is 3.64. The van der Waals surface area contributed by atoms with Crippen molar-refractivity contribution >= 4 is 34.0 Å². The lowest BCUT2D eigenvalue weighted by Gasteiger charge is -2.20. The van der Waals surface area contributed by atoms with Gasteiger partial charge in [0.1, 0.15) is 5.75 Å². The molecule has 0 radical (unpaired) electrons. The lowest BCUT2D eigenvalue weighted by Crippen LogP contribution is -2.22. The molecule has 8 heteroatoms. The van der Waals surface area contributed by atoms with Gasteiger partial charge in [0.25, 0.3) is 0 Å². The third kappa shape index (κ3) is 4.50. The van der Waals surface area contributed by atoms with Crippen LogP contribution in [0.2, 0.25) is 5.02 Å². The molecule has 0 aliphatic carbocycles. The number of methoxy groups -OCH3 is 1. The molecule has 2 aromatic carbocycles. The third-order valence-corrected chi connectivity index (χ3v) is 5.95. The number of aromatic nitrogens is 2. The van der Waals surface area contributed by atoms with Crippen molar-refractivity contribution < 1.29 is 9.84 Å². The maximum atomic E-state index is 9.47. The van der Waals surface area contributed by atoms with Gasteiger partial charge in [-0.15, -0.1) is 10.2 Å². The van der Waals surface area contributed by atoms with Gasteiger partial charge in [-0.05, 0) is 48.7 Å². The molecule has 7 nitrogen and oxygen atoms in total. The van der Waals surface area contributed by atoms with Crippen LogP contribution in [0.5, 0.6) is 5.75 Å². The Balaban J connectivity index is 1.57. The second-order valence-corrected chi connectivity index (χ2v) is 8.08. The van der Waals surface area contributed by atoms with Gasteiger partial charge in [-0.2, -0.15) is 5.26 Å². The number of aliphatic hydroxyl groups is 1. The molecule has 1 unspecified atom stereocenters. The molecule has 1 aliphatic heterocycles. The van der Waals surface area contributed by atoms with E-state index in [0.29, 0.717) is 28.7 Å². The van der Waals surface area contributed by atoms with Gasteiger partial charge in [-0.1, -0.05) is 17.7 Å². The predicted molar refractivity (Wildman–Crippen MR) is 122 cm³/mol. The van der Waals surface area contributed by atoms with Crippen LogP contribution in [0.3, 0.4) is 0 Å². The summed E-state index contributed by atoms with van der Waals surface area (Å²) in [5.41, 5.74) is 1.66. The van der Waals surface area contributed by atoms with Crippen LogP contribution in [0.25, 0.3) is 10.8 Å². The number of aliphatic hydroxyl groups excluding tert-OH is 1. The minimum atomic E-state index is 0.176. The average molecular weight is 438 g/mol. The van der Waals surface area contributed by atoms with Crippen LogP contribution in [-0.4, -0.2) is 48.7 Å². The fraction of sp³-hybridized carbons (Fsp3) is 0.348. The molecule has 3 aromatic rings. The van der Waals surface area contributed by atoms with Gasteiger partial charge < -0.3 is 20.1 Å². The Hall–Kier alpha value is -3.08. The first-order valence-corrected chi connectivity index (χ1v) is 10.6. The van der Waals surface area contributed by atoms with Gasteiger partial charge in [0.2, 0.25) is 0 Å². The number of nitrogens with zero attached hydrogens (tertiary/aromatic N) is 4. The van der Waals surface area contributed by atoms with E-state index in [4.69, 9.17) is 16.3 Å². The van der Waals surface area contributed by atoms with E-state index in [1.807, 2.05) is 30.3 Å². The number of halogens is 1. The van der Waals surface area contributed by atoms with E-state index in [2.05, 4.69) is 26.5 Å². The fourth-order valence-electron chi connectivity index (χ4n) is 3.94. The summed E-state index contributed by atoms with van der Waals surface area (Å²) in [4.78, 5) is 2.16. The highest BCUT2D eigenvalue weighted by Gasteiger charge is 2.25. The largest absolute Gasteiger partial charge is 0.495 e. The molecule has 0 spiro atoms. The van der Waals surface area contributed by atoms with E-state index < -0.39 is 0 Å². The summed E-state index contributed by atoms with van der Waals surface area (Å²) in [6, 6.07) is 13.5. The number of rotatable bonds is 7. The topological polar surface area (TPSA) is 94.3 Å². The van der Waals surface area contributed by atoms with Crippen LogP contribution in [-0.2, 0) is 6.42 Å². The molecule has 1 aliphatic rings. The molecule has 0 saturated carbocycles. The summed E-state index contributed by atoms with van der Waals surface area (Å²) in [6.07, 6.45) is 1.68. The molecular weight excluding hydrogens is 414 g/mol. The molecule has 0 amide bonds. The standard InChI is InChI=1S/C23H24ClN5O2/c1-31-21-5-3-15(11-20(21)24)6-8-26-22-19-10-16(12-25)2-4-18(19)23(28-27-22)29-9-7-17(13-29)14-30/h2-5,10-11,17,30H,6-9,13-14H2,1H3,(H,26,27). The van der Waals surface area contributed by atoms with E-state index in [9.17, 15) is 10.4 Å². The normalized spacial score (nSPS) is 15.8. The Bertz CT molecular complexity index is 1130. The van der Waals surface area contributed by atoms with Gasteiger partial charge >= 0.3 is 0 Å². The van der Waals surface area contributed by atoms with Crippen molar-refractivity contribution in [3.63, 3.8) is 0 Å². The van der Waals surface area contributed by atoms with Crippen LogP contribution in [0.4, 0.5) is 11.6 Å². The van der Waals surface area contributed by atoms with E-state index in [0.717, 1.165) is 48.1 Å². The van der Waals surface area contributed by atoms with Crippen molar-refractivity contribution in [1.82, 2.24) is 10.2 Å². The molecule has 1 fully saturated rings. The number of fused-ring (bicyclic) bond motifs is 1. The smallest absolute Gasteiger partial charge is 0.159 e. The summed E-state index contributed by atoms with van der Waals surface area (Å²) < 4.78 is 5.20. The highest BCUT2D eigenvalue weighted by Crippen LogP contribution is 2.32. The molecule has 1 saturated heterocycles. The van der Waals surface area contributed by atoms with Crippen LogP contribution < -0.4 is 15.0 Å². The van der Waals surface area contributed by atoms with Crippen LogP contribution in [0.1, 0.15) is 17.5 Å². The minimum Gasteiger partial charge on any atom is -0.495 e. The Morgan fingerprint density at radius 1 is 1.26 bits per heavy atom. The van der Waals surface area contributed by atoms with E-state index in [-0.39, 0.29) is 12.5 Å². The van der Waals surface area contributed by atoms with Gasteiger partial charge in [0.15, 0.2) is 11.6 Å². The summed E-state index contributed by atoms with van der Waals surface area (Å²) in [7, 11) is 1.59. The van der Waals surface area contributed by atoms with Crippen LogP contribution >= 0.6 is 11.6 Å². The number of benzene rings is 2. The van der Waals surface area contributed by atoms with Gasteiger partial charge in [-0.25, -0.2) is 0 Å². The summed E-state index contributed by atoms with van der Waals surface area (Å²) >= 11 is 6.22. The molecule has 0 bridgehead atoms. The number of anilines is 2. The SMILES string of the molecule is COc1ccc(CCNc2nnc(N3CCC(CO)C3)c3ccc(C#N)cc23)cc1Cl. The highest BCUT2D eigenvalue weighted by molar-refractivity contribution is 6.32. The van der Waals surface area contributed by atoms with Gasteiger partial charge in [0, 0.05) is 42.9 Å². The zero-order valence-electron chi connectivity index (χ0n) is 17.3. The first-order chi connectivity index (χ1) is 15.1. The average Bonchev–Trinajstić information content (AvgIpc) is 3.28. The number of ether oxygens (including phenoxy) is 1. The van der Waals surface area contributed by atoms with Crippen molar-refractivity contribution in [3.05, 3.63) is 52.5 Å². The third-order valence-electron chi connectivity index (χ3n) is 5.66. The maximum absolute atomic E-state index is 9.47. The van der Waals surface area contributed by atoms with Gasteiger partial charge in [0.05, 0.1) is 23.8 Å². The van der Waals surface area contributed by atoms with Crippen molar-refractivity contribution in [2.75, 3.05) is 43.6 Å². The molecule has 31 heavy (non-hydrogen) atoms. The van der Waals surface area contributed by atoms with Crippen molar-refractivity contribution in [2.45, 2.75) is 12.8 Å². The summed E-state index contributed by atoms with van der Waals surface area (Å²) in [5, 5.41) is 33.5.